The number of pyridine rings is 1. The van der Waals surface area contributed by atoms with Crippen molar-refractivity contribution in [2.24, 2.45) is 0 Å². The molecule has 0 saturated heterocycles. The van der Waals surface area contributed by atoms with Crippen molar-refractivity contribution < 1.29 is 21.6 Å². The Balaban J connectivity index is 1.73. The minimum Gasteiger partial charge on any atom is -0.243 e. The fraction of sp³-hybridized carbons (Fsp3) is 0.188. The number of sulfonamides is 1. The van der Waals surface area contributed by atoms with E-state index in [9.17, 15) is 21.6 Å². The summed E-state index contributed by atoms with van der Waals surface area (Å²) in [6.07, 6.45) is -4.56. The molecule has 2 heterocycles. The third-order valence-electron chi connectivity index (χ3n) is 3.43. The van der Waals surface area contributed by atoms with E-state index >= 15 is 0 Å². The molecule has 0 radical (unpaired) electrons. The lowest BCUT2D eigenvalue weighted by Gasteiger charge is -2.11. The molecule has 0 amide bonds. The quantitative estimate of drug-likeness (QED) is 0.420. The van der Waals surface area contributed by atoms with Crippen molar-refractivity contribution >= 4 is 55.6 Å². The second-order valence-electron chi connectivity index (χ2n) is 5.33. The van der Waals surface area contributed by atoms with Crippen LogP contribution in [-0.4, -0.2) is 25.7 Å². The van der Waals surface area contributed by atoms with E-state index in [0.29, 0.717) is 14.6 Å². The van der Waals surface area contributed by atoms with Gasteiger partial charge in [0.25, 0.3) is 0 Å². The summed E-state index contributed by atoms with van der Waals surface area (Å²) in [6.45, 7) is 0.0561. The number of benzene rings is 1. The molecule has 2 aromatic heterocycles. The van der Waals surface area contributed by atoms with Gasteiger partial charge in [0.15, 0.2) is 0 Å². The molecular weight excluding hydrogens is 441 g/mol. The van der Waals surface area contributed by atoms with Gasteiger partial charge in [-0.05, 0) is 24.3 Å². The lowest BCUT2D eigenvalue weighted by Crippen LogP contribution is -2.25. The Labute approximate surface area is 166 Å². The summed E-state index contributed by atoms with van der Waals surface area (Å²) in [6, 6.07) is 10.4. The highest BCUT2D eigenvalue weighted by atomic mass is 35.5. The van der Waals surface area contributed by atoms with Crippen molar-refractivity contribution in [2.45, 2.75) is 15.3 Å². The summed E-state index contributed by atoms with van der Waals surface area (Å²) in [4.78, 5) is 4.05. The molecule has 144 valence electrons. The van der Waals surface area contributed by atoms with E-state index in [-0.39, 0.29) is 22.0 Å². The summed E-state index contributed by atoms with van der Waals surface area (Å²) in [7, 11) is -3.69. The maximum absolute atomic E-state index is 13.1. The Kier molecular flexibility index (Phi) is 6.02. The number of alkyl halides is 3. The van der Waals surface area contributed by atoms with Crippen molar-refractivity contribution in [2.75, 3.05) is 12.3 Å². The number of nitrogens with zero attached hydrogens (tertiary/aromatic N) is 1. The fourth-order valence-corrected chi connectivity index (χ4v) is 5.89. The van der Waals surface area contributed by atoms with Crippen molar-refractivity contribution in [1.82, 2.24) is 9.71 Å². The fourth-order valence-electron chi connectivity index (χ4n) is 2.26. The number of aromatic nitrogens is 1. The minimum absolute atomic E-state index is 0.0561. The van der Waals surface area contributed by atoms with Gasteiger partial charge < -0.3 is 0 Å². The number of hydrogen-bond acceptors (Lipinski definition) is 5. The molecule has 1 aromatic carbocycles. The molecule has 0 aliphatic heterocycles. The smallest absolute Gasteiger partial charge is 0.243 e. The first-order chi connectivity index (χ1) is 12.7. The number of thioether (sulfide) groups is 1. The average Bonchev–Trinajstić information content (AvgIpc) is 3.05. The number of fused-ring (bicyclic) bond motifs is 1. The highest BCUT2D eigenvalue weighted by molar-refractivity contribution is 7.99. The van der Waals surface area contributed by atoms with Gasteiger partial charge in [0.2, 0.25) is 10.0 Å². The molecule has 0 bridgehead atoms. The Morgan fingerprint density at radius 3 is 2.59 bits per heavy atom. The standard InChI is InChI=1S/C16H12ClF3N2O2S3/c17-14-5-6-15(26-14)27(23,24)21-7-8-25-12-9-13(16(18,19)20)22-11-4-2-1-3-10(11)12/h1-6,9,21H,7-8H2. The second-order valence-corrected chi connectivity index (χ2v) is 10.2. The van der Waals surface area contributed by atoms with Gasteiger partial charge in [0, 0.05) is 22.6 Å². The normalized spacial score (nSPS) is 12.6. The number of nitrogens with one attached hydrogen (secondary N) is 1. The van der Waals surface area contributed by atoms with Crippen LogP contribution in [0.5, 0.6) is 0 Å². The van der Waals surface area contributed by atoms with Crippen LogP contribution in [0.1, 0.15) is 5.69 Å². The number of halogens is 4. The molecule has 4 nitrogen and oxygen atoms in total. The molecule has 0 aliphatic carbocycles. The molecule has 3 aromatic rings. The molecule has 0 spiro atoms. The molecule has 0 aliphatic rings. The lowest BCUT2D eigenvalue weighted by atomic mass is 10.2. The SMILES string of the molecule is O=S(=O)(NCCSc1cc(C(F)(F)F)nc2ccccc12)c1ccc(Cl)s1. The summed E-state index contributed by atoms with van der Waals surface area (Å²) >= 11 is 7.80. The van der Waals surface area contributed by atoms with Gasteiger partial charge in [-0.1, -0.05) is 29.8 Å². The highest BCUT2D eigenvalue weighted by Crippen LogP contribution is 2.34. The summed E-state index contributed by atoms with van der Waals surface area (Å²) in [5.74, 6) is 0.254. The number of thiophene rings is 1. The monoisotopic (exact) mass is 452 g/mol. The molecule has 3 rings (SSSR count). The Bertz CT molecular complexity index is 1070. The van der Waals surface area contributed by atoms with Crippen LogP contribution in [0.25, 0.3) is 10.9 Å². The number of hydrogen-bond donors (Lipinski definition) is 1. The number of rotatable bonds is 6. The predicted octanol–water partition coefficient (Wildman–Crippen LogP) is 5.04. The van der Waals surface area contributed by atoms with Crippen molar-refractivity contribution in [3.8, 4) is 0 Å². The third-order valence-corrected chi connectivity index (χ3v) is 7.67. The van der Waals surface area contributed by atoms with Gasteiger partial charge in [-0.15, -0.1) is 23.1 Å². The van der Waals surface area contributed by atoms with Gasteiger partial charge >= 0.3 is 6.18 Å². The Morgan fingerprint density at radius 2 is 1.93 bits per heavy atom. The van der Waals surface area contributed by atoms with E-state index in [1.54, 1.807) is 18.2 Å². The van der Waals surface area contributed by atoms with E-state index in [4.69, 9.17) is 11.6 Å². The van der Waals surface area contributed by atoms with Gasteiger partial charge in [0.1, 0.15) is 9.90 Å². The van der Waals surface area contributed by atoms with Gasteiger partial charge in [-0.3, -0.25) is 0 Å². The first-order valence-electron chi connectivity index (χ1n) is 7.51. The topological polar surface area (TPSA) is 59.1 Å². The largest absolute Gasteiger partial charge is 0.433 e. The van der Waals surface area contributed by atoms with Gasteiger partial charge in [-0.25, -0.2) is 18.1 Å². The molecule has 0 fully saturated rings. The molecule has 0 saturated carbocycles. The third kappa shape index (κ3) is 4.94. The summed E-state index contributed by atoms with van der Waals surface area (Å²) < 4.78 is 66.3. The summed E-state index contributed by atoms with van der Waals surface area (Å²) in [5, 5.41) is 0.586. The van der Waals surface area contributed by atoms with Crippen LogP contribution in [0.4, 0.5) is 13.2 Å². The van der Waals surface area contributed by atoms with Crippen molar-refractivity contribution in [3.05, 3.63) is 52.5 Å². The second kappa shape index (κ2) is 7.96. The Hall–Kier alpha value is -1.33. The maximum Gasteiger partial charge on any atom is 0.433 e. The van der Waals surface area contributed by atoms with Crippen molar-refractivity contribution in [1.29, 1.82) is 0 Å². The van der Waals surface area contributed by atoms with Crippen LogP contribution in [0.3, 0.4) is 0 Å². The van der Waals surface area contributed by atoms with Crippen LogP contribution in [0, 0.1) is 0 Å². The van der Waals surface area contributed by atoms with Crippen LogP contribution < -0.4 is 4.72 Å². The molecule has 1 N–H and O–H groups in total. The highest BCUT2D eigenvalue weighted by Gasteiger charge is 2.33. The first-order valence-corrected chi connectivity index (χ1v) is 11.2. The molecule has 11 heteroatoms. The van der Waals surface area contributed by atoms with Crippen LogP contribution in [0.15, 0.2) is 51.6 Å². The molecule has 27 heavy (non-hydrogen) atoms. The van der Waals surface area contributed by atoms with Gasteiger partial charge in [-0.2, -0.15) is 13.2 Å². The molecule has 0 atom stereocenters. The van der Waals surface area contributed by atoms with E-state index in [0.717, 1.165) is 29.2 Å². The van der Waals surface area contributed by atoms with Crippen LogP contribution in [0.2, 0.25) is 4.34 Å². The number of para-hydroxylation sites is 1. The zero-order valence-corrected chi connectivity index (χ0v) is 16.7. The predicted molar refractivity (Wildman–Crippen MR) is 102 cm³/mol. The van der Waals surface area contributed by atoms with Crippen molar-refractivity contribution in [3.63, 3.8) is 0 Å². The maximum atomic E-state index is 13.1. The zero-order chi connectivity index (χ0) is 19.7. The first kappa shape index (κ1) is 20.4. The van der Waals surface area contributed by atoms with E-state index < -0.39 is 21.9 Å². The summed E-state index contributed by atoms with van der Waals surface area (Å²) in [5.41, 5.74) is -0.735. The molecule has 0 unspecified atom stereocenters. The van der Waals surface area contributed by atoms with E-state index in [1.165, 1.54) is 18.2 Å². The van der Waals surface area contributed by atoms with E-state index in [2.05, 4.69) is 9.71 Å². The average molecular weight is 453 g/mol. The zero-order valence-electron chi connectivity index (χ0n) is 13.5. The minimum atomic E-state index is -4.56. The van der Waals surface area contributed by atoms with Gasteiger partial charge in [0.05, 0.1) is 9.85 Å². The van der Waals surface area contributed by atoms with E-state index in [1.807, 2.05) is 0 Å². The van der Waals surface area contributed by atoms with Crippen LogP contribution >= 0.6 is 34.7 Å². The Morgan fingerprint density at radius 1 is 1.19 bits per heavy atom. The molecular formula is C16H12ClF3N2O2S3. The lowest BCUT2D eigenvalue weighted by molar-refractivity contribution is -0.141. The van der Waals surface area contributed by atoms with Crippen LogP contribution in [-0.2, 0) is 16.2 Å².